The van der Waals surface area contributed by atoms with Gasteiger partial charge in [-0.15, -0.1) is 0 Å². The third kappa shape index (κ3) is 2.76. The molecule has 0 radical (unpaired) electrons. The van der Waals surface area contributed by atoms with Gasteiger partial charge in [-0.25, -0.2) is 4.79 Å². The van der Waals surface area contributed by atoms with E-state index in [0.29, 0.717) is 22.9 Å². The number of carbonyl (C=O) groups is 2. The highest BCUT2D eigenvalue weighted by atomic mass is 35.5. The first-order valence-corrected chi connectivity index (χ1v) is 7.05. The van der Waals surface area contributed by atoms with E-state index < -0.39 is 12.0 Å². The Morgan fingerprint density at radius 1 is 1.45 bits per heavy atom. The van der Waals surface area contributed by atoms with E-state index in [2.05, 4.69) is 0 Å². The minimum atomic E-state index is -0.547. The number of benzene rings is 1. The average Bonchev–Trinajstić information content (AvgIpc) is 2.79. The van der Waals surface area contributed by atoms with Gasteiger partial charge in [0.25, 0.3) is 0 Å². The van der Waals surface area contributed by atoms with Crippen LogP contribution < -0.4 is 0 Å². The normalized spacial score (nSPS) is 20.1. The summed E-state index contributed by atoms with van der Waals surface area (Å²) >= 11 is 12.0. The number of hydrogen-bond donors (Lipinski definition) is 0. The standard InChI is InChI=1S/C14H15Cl2NO3/c1-8(10-4-3-9(15)7-11(10)16)17-12(14(19)20-2)5-6-13(17)18/h3-4,7-8,12H,5-6H2,1-2H3. The Morgan fingerprint density at radius 2 is 2.15 bits per heavy atom. The maximum Gasteiger partial charge on any atom is 0.328 e. The Morgan fingerprint density at radius 3 is 2.75 bits per heavy atom. The van der Waals surface area contributed by atoms with E-state index >= 15 is 0 Å². The van der Waals surface area contributed by atoms with Gasteiger partial charge in [-0.1, -0.05) is 29.3 Å². The summed E-state index contributed by atoms with van der Waals surface area (Å²) in [6.07, 6.45) is 0.816. The second-order valence-electron chi connectivity index (χ2n) is 4.72. The van der Waals surface area contributed by atoms with E-state index in [1.54, 1.807) is 23.1 Å². The van der Waals surface area contributed by atoms with Crippen molar-refractivity contribution in [3.8, 4) is 0 Å². The monoisotopic (exact) mass is 315 g/mol. The Labute approximate surface area is 127 Å². The number of hydrogen-bond acceptors (Lipinski definition) is 3. The second kappa shape index (κ2) is 6.02. The van der Waals surface area contributed by atoms with Gasteiger partial charge in [-0.05, 0) is 31.0 Å². The predicted octanol–water partition coefficient (Wildman–Crippen LogP) is 3.22. The molecule has 2 atom stereocenters. The lowest BCUT2D eigenvalue weighted by atomic mass is 10.1. The quantitative estimate of drug-likeness (QED) is 0.805. The second-order valence-corrected chi connectivity index (χ2v) is 5.56. The lowest BCUT2D eigenvalue weighted by Crippen LogP contribution is -2.41. The van der Waals surface area contributed by atoms with Gasteiger partial charge in [-0.3, -0.25) is 4.79 Å². The van der Waals surface area contributed by atoms with Crippen molar-refractivity contribution in [3.05, 3.63) is 33.8 Å². The van der Waals surface area contributed by atoms with E-state index in [1.165, 1.54) is 7.11 Å². The molecule has 1 fully saturated rings. The zero-order valence-corrected chi connectivity index (χ0v) is 12.7. The van der Waals surface area contributed by atoms with Crippen molar-refractivity contribution in [1.29, 1.82) is 0 Å². The molecule has 0 N–H and O–H groups in total. The number of esters is 1. The highest BCUT2D eigenvalue weighted by molar-refractivity contribution is 6.35. The van der Waals surface area contributed by atoms with Crippen LogP contribution in [0.25, 0.3) is 0 Å². The summed E-state index contributed by atoms with van der Waals surface area (Å²) in [7, 11) is 1.32. The minimum Gasteiger partial charge on any atom is -0.467 e. The molecular weight excluding hydrogens is 301 g/mol. The van der Waals surface area contributed by atoms with Gasteiger partial charge in [0.15, 0.2) is 0 Å². The minimum absolute atomic E-state index is 0.0704. The van der Waals surface area contributed by atoms with Crippen molar-refractivity contribution < 1.29 is 14.3 Å². The Hall–Kier alpha value is -1.26. The molecule has 1 saturated heterocycles. The third-order valence-corrected chi connectivity index (χ3v) is 4.12. The molecule has 2 rings (SSSR count). The van der Waals surface area contributed by atoms with Crippen LogP contribution in [-0.2, 0) is 14.3 Å². The van der Waals surface area contributed by atoms with Crippen LogP contribution in [0.3, 0.4) is 0 Å². The Balaban J connectivity index is 2.32. The number of rotatable bonds is 3. The maximum absolute atomic E-state index is 12.0. The summed E-state index contributed by atoms with van der Waals surface area (Å²) in [6, 6.07) is 4.26. The fraction of sp³-hybridized carbons (Fsp3) is 0.429. The van der Waals surface area contributed by atoms with Gasteiger partial charge in [0.05, 0.1) is 13.2 Å². The summed E-state index contributed by atoms with van der Waals surface area (Å²) in [5.41, 5.74) is 0.764. The first-order valence-electron chi connectivity index (χ1n) is 6.29. The molecule has 108 valence electrons. The molecule has 2 unspecified atom stereocenters. The van der Waals surface area contributed by atoms with E-state index in [-0.39, 0.29) is 11.9 Å². The lowest BCUT2D eigenvalue weighted by Gasteiger charge is -2.30. The van der Waals surface area contributed by atoms with E-state index in [1.807, 2.05) is 6.92 Å². The molecular formula is C14H15Cl2NO3. The van der Waals surface area contributed by atoms with Crippen LogP contribution in [0.1, 0.15) is 31.4 Å². The van der Waals surface area contributed by atoms with Crippen LogP contribution in [0, 0.1) is 0 Å². The summed E-state index contributed by atoms with van der Waals surface area (Å²) in [5, 5.41) is 1.01. The van der Waals surface area contributed by atoms with Crippen LogP contribution in [-0.4, -0.2) is 29.9 Å². The molecule has 0 aromatic heterocycles. The molecule has 1 aromatic rings. The van der Waals surface area contributed by atoms with Gasteiger partial charge in [-0.2, -0.15) is 0 Å². The summed E-state index contributed by atoms with van der Waals surface area (Å²) in [6.45, 7) is 1.84. The fourth-order valence-electron chi connectivity index (χ4n) is 2.55. The number of ether oxygens (including phenoxy) is 1. The van der Waals surface area contributed by atoms with Crippen molar-refractivity contribution in [2.45, 2.75) is 31.8 Å². The largest absolute Gasteiger partial charge is 0.467 e. The zero-order chi connectivity index (χ0) is 14.9. The fourth-order valence-corrected chi connectivity index (χ4v) is 3.11. The molecule has 0 spiro atoms. The highest BCUT2D eigenvalue weighted by Gasteiger charge is 2.40. The topological polar surface area (TPSA) is 46.6 Å². The molecule has 1 aliphatic rings. The lowest BCUT2D eigenvalue weighted by molar-refractivity contribution is -0.150. The number of carbonyl (C=O) groups excluding carboxylic acids is 2. The predicted molar refractivity (Wildman–Crippen MR) is 76.8 cm³/mol. The number of nitrogens with zero attached hydrogens (tertiary/aromatic N) is 1. The van der Waals surface area contributed by atoms with Crippen molar-refractivity contribution in [2.24, 2.45) is 0 Å². The Kier molecular flexibility index (Phi) is 4.55. The zero-order valence-electron chi connectivity index (χ0n) is 11.2. The molecule has 1 heterocycles. The number of halogens is 2. The van der Waals surface area contributed by atoms with Crippen LogP contribution in [0.15, 0.2) is 18.2 Å². The third-order valence-electron chi connectivity index (χ3n) is 3.56. The summed E-state index contributed by atoms with van der Waals surface area (Å²) in [4.78, 5) is 25.4. The molecule has 0 saturated carbocycles. The molecule has 0 aliphatic carbocycles. The van der Waals surface area contributed by atoms with Crippen LogP contribution in [0.2, 0.25) is 10.0 Å². The summed E-state index contributed by atoms with van der Waals surface area (Å²) < 4.78 is 4.76. The number of likely N-dealkylation sites (tertiary alicyclic amines) is 1. The number of amides is 1. The smallest absolute Gasteiger partial charge is 0.328 e. The van der Waals surface area contributed by atoms with Crippen LogP contribution in [0.5, 0.6) is 0 Å². The van der Waals surface area contributed by atoms with Gasteiger partial charge >= 0.3 is 5.97 Å². The number of methoxy groups -OCH3 is 1. The molecule has 6 heteroatoms. The molecule has 4 nitrogen and oxygen atoms in total. The molecule has 1 aromatic carbocycles. The van der Waals surface area contributed by atoms with Crippen molar-refractivity contribution in [2.75, 3.05) is 7.11 Å². The average molecular weight is 316 g/mol. The first-order chi connectivity index (χ1) is 9.45. The summed E-state index contributed by atoms with van der Waals surface area (Å²) in [5.74, 6) is -0.466. The van der Waals surface area contributed by atoms with Gasteiger partial charge in [0, 0.05) is 16.5 Å². The van der Waals surface area contributed by atoms with E-state index in [4.69, 9.17) is 27.9 Å². The molecule has 1 amide bonds. The van der Waals surface area contributed by atoms with E-state index in [9.17, 15) is 9.59 Å². The maximum atomic E-state index is 12.0. The SMILES string of the molecule is COC(=O)C1CCC(=O)N1C(C)c1ccc(Cl)cc1Cl. The van der Waals surface area contributed by atoms with Gasteiger partial charge in [0.1, 0.15) is 6.04 Å². The van der Waals surface area contributed by atoms with Crippen molar-refractivity contribution in [3.63, 3.8) is 0 Å². The van der Waals surface area contributed by atoms with E-state index in [0.717, 1.165) is 5.56 Å². The Bertz CT molecular complexity index is 547. The first kappa shape index (κ1) is 15.1. The highest BCUT2D eigenvalue weighted by Crippen LogP contribution is 2.35. The van der Waals surface area contributed by atoms with Gasteiger partial charge in [0.2, 0.25) is 5.91 Å². The van der Waals surface area contributed by atoms with Gasteiger partial charge < -0.3 is 9.64 Å². The van der Waals surface area contributed by atoms with Crippen LogP contribution >= 0.6 is 23.2 Å². The molecule has 20 heavy (non-hydrogen) atoms. The molecule has 1 aliphatic heterocycles. The van der Waals surface area contributed by atoms with Crippen molar-refractivity contribution in [1.82, 2.24) is 4.90 Å². The molecule has 0 bridgehead atoms. The van der Waals surface area contributed by atoms with Crippen molar-refractivity contribution >= 4 is 35.1 Å². The van der Waals surface area contributed by atoms with Crippen LogP contribution in [0.4, 0.5) is 0 Å².